The van der Waals surface area contributed by atoms with Gasteiger partial charge >= 0.3 is 0 Å². The molecule has 2 bridgehead atoms. The maximum absolute atomic E-state index is 14.0. The lowest BCUT2D eigenvalue weighted by molar-refractivity contribution is -0.144. The van der Waals surface area contributed by atoms with Crippen LogP contribution in [0, 0.1) is 22.7 Å². The number of likely N-dealkylation sites (tertiary alicyclic amines) is 1. The van der Waals surface area contributed by atoms with Crippen molar-refractivity contribution in [3.05, 3.63) is 71.8 Å². The third kappa shape index (κ3) is 2.03. The zero-order chi connectivity index (χ0) is 21.3. The smallest absolute Gasteiger partial charge is 0.234 e. The van der Waals surface area contributed by atoms with Gasteiger partial charge in [0.15, 0.2) is 5.78 Å². The van der Waals surface area contributed by atoms with E-state index < -0.39 is 22.7 Å². The van der Waals surface area contributed by atoms with Crippen LogP contribution in [0.3, 0.4) is 0 Å². The molecular formula is C25H24N2O3. The summed E-state index contributed by atoms with van der Waals surface area (Å²) in [4.78, 5) is 42.0. The summed E-state index contributed by atoms with van der Waals surface area (Å²) in [6.07, 6.45) is 0. The average Bonchev–Trinajstić information content (AvgIpc) is 3.20. The number of Topliss-reactive ketones (excluding diaryl/α,β-unsaturated/α-hetero) is 1. The summed E-state index contributed by atoms with van der Waals surface area (Å²) in [5.41, 5.74) is 7.16. The van der Waals surface area contributed by atoms with Gasteiger partial charge in [0.1, 0.15) is 0 Å². The third-order valence-electron chi connectivity index (χ3n) is 7.35. The molecule has 30 heavy (non-hydrogen) atoms. The zero-order valence-electron chi connectivity index (χ0n) is 17.1. The van der Waals surface area contributed by atoms with E-state index in [9.17, 15) is 14.4 Å². The third-order valence-corrected chi connectivity index (χ3v) is 7.35. The van der Waals surface area contributed by atoms with E-state index >= 15 is 0 Å². The second kappa shape index (κ2) is 6.22. The van der Waals surface area contributed by atoms with Gasteiger partial charge in [-0.15, -0.1) is 0 Å². The van der Waals surface area contributed by atoms with Crippen LogP contribution >= 0.6 is 0 Å². The van der Waals surface area contributed by atoms with E-state index in [4.69, 9.17) is 5.73 Å². The van der Waals surface area contributed by atoms with Crippen LogP contribution in [0.5, 0.6) is 0 Å². The SMILES string of the molecule is CC12C(=O)C(C)(C(c3ccccc3)=C1c1ccccc1)C1C(=O)N(CCN)C(=O)C12. The summed E-state index contributed by atoms with van der Waals surface area (Å²) in [6, 6.07) is 19.5. The van der Waals surface area contributed by atoms with E-state index in [1.165, 1.54) is 4.90 Å². The highest BCUT2D eigenvalue weighted by Crippen LogP contribution is 2.73. The van der Waals surface area contributed by atoms with Crippen LogP contribution < -0.4 is 5.73 Å². The first-order valence-electron chi connectivity index (χ1n) is 10.3. The molecule has 1 saturated heterocycles. The highest BCUT2D eigenvalue weighted by Gasteiger charge is 2.78. The number of ketones is 1. The summed E-state index contributed by atoms with van der Waals surface area (Å²) < 4.78 is 0. The summed E-state index contributed by atoms with van der Waals surface area (Å²) in [5.74, 6) is -1.93. The number of amides is 2. The van der Waals surface area contributed by atoms with Crippen LogP contribution in [0.1, 0.15) is 25.0 Å². The molecule has 4 unspecified atom stereocenters. The number of benzene rings is 2. The molecule has 5 nitrogen and oxygen atoms in total. The Morgan fingerprint density at radius 3 is 1.53 bits per heavy atom. The van der Waals surface area contributed by atoms with E-state index in [0.29, 0.717) is 0 Å². The monoisotopic (exact) mass is 400 g/mol. The van der Waals surface area contributed by atoms with Crippen LogP contribution in [0.15, 0.2) is 60.7 Å². The fourth-order valence-electron chi connectivity index (χ4n) is 6.22. The molecule has 1 saturated carbocycles. The van der Waals surface area contributed by atoms with Crippen molar-refractivity contribution in [1.29, 1.82) is 0 Å². The predicted octanol–water partition coefficient (Wildman–Crippen LogP) is 2.77. The van der Waals surface area contributed by atoms with E-state index in [1.807, 2.05) is 74.5 Å². The molecule has 0 radical (unpaired) electrons. The minimum Gasteiger partial charge on any atom is -0.329 e. The molecule has 0 aromatic heterocycles. The fourth-order valence-corrected chi connectivity index (χ4v) is 6.22. The first-order chi connectivity index (χ1) is 14.4. The van der Waals surface area contributed by atoms with Crippen molar-refractivity contribution in [2.24, 2.45) is 28.4 Å². The molecule has 1 heterocycles. The minimum absolute atomic E-state index is 0.0307. The van der Waals surface area contributed by atoms with Crippen LogP contribution in [-0.2, 0) is 14.4 Å². The van der Waals surface area contributed by atoms with Gasteiger partial charge in [0, 0.05) is 13.1 Å². The summed E-state index contributed by atoms with van der Waals surface area (Å²) in [5, 5.41) is 0. The van der Waals surface area contributed by atoms with E-state index in [1.54, 1.807) is 0 Å². The van der Waals surface area contributed by atoms with Gasteiger partial charge in [-0.25, -0.2) is 0 Å². The van der Waals surface area contributed by atoms with Crippen molar-refractivity contribution in [1.82, 2.24) is 4.90 Å². The Morgan fingerprint density at radius 1 is 0.767 bits per heavy atom. The highest BCUT2D eigenvalue weighted by molar-refractivity contribution is 6.29. The average molecular weight is 400 g/mol. The summed E-state index contributed by atoms with van der Waals surface area (Å²) >= 11 is 0. The quantitative estimate of drug-likeness (QED) is 0.801. The lowest BCUT2D eigenvalue weighted by atomic mass is 9.63. The molecular weight excluding hydrogens is 376 g/mol. The van der Waals surface area contributed by atoms with E-state index in [2.05, 4.69) is 0 Å². The van der Waals surface area contributed by atoms with Crippen molar-refractivity contribution in [3.63, 3.8) is 0 Å². The molecule has 2 aliphatic carbocycles. The second-order valence-corrected chi connectivity index (χ2v) is 8.79. The molecule has 5 heteroatoms. The molecule has 152 valence electrons. The Labute approximate surface area is 175 Å². The molecule has 2 aromatic carbocycles. The Balaban J connectivity index is 1.83. The molecule has 3 aliphatic rings. The standard InChI is InChI=1S/C25H24N2O3/c1-24-17(15-9-5-3-6-10-15)18(16-11-7-4-8-12-16)25(2,23(24)30)20-19(24)21(28)27(14-13-26)22(20)29/h3-12,19-20H,13-14,26H2,1-2H3. The molecule has 1 aliphatic heterocycles. The highest BCUT2D eigenvalue weighted by atomic mass is 16.2. The van der Waals surface area contributed by atoms with Crippen molar-refractivity contribution in [2.75, 3.05) is 13.1 Å². The van der Waals surface area contributed by atoms with Crippen molar-refractivity contribution in [2.45, 2.75) is 13.8 Å². The van der Waals surface area contributed by atoms with Gasteiger partial charge in [-0.2, -0.15) is 0 Å². The van der Waals surface area contributed by atoms with Gasteiger partial charge < -0.3 is 5.73 Å². The predicted molar refractivity (Wildman–Crippen MR) is 114 cm³/mol. The number of carbonyl (C=O) groups is 3. The van der Waals surface area contributed by atoms with Crippen molar-refractivity contribution < 1.29 is 14.4 Å². The van der Waals surface area contributed by atoms with Gasteiger partial charge in [0.25, 0.3) is 0 Å². The number of fused-ring (bicyclic) bond motifs is 5. The van der Waals surface area contributed by atoms with Crippen LogP contribution in [0.25, 0.3) is 11.1 Å². The Bertz CT molecular complexity index is 1020. The largest absolute Gasteiger partial charge is 0.329 e. The first kappa shape index (κ1) is 18.9. The van der Waals surface area contributed by atoms with Crippen LogP contribution in [-0.4, -0.2) is 35.6 Å². The van der Waals surface area contributed by atoms with Gasteiger partial charge in [0.2, 0.25) is 11.8 Å². The molecule has 2 aromatic rings. The summed E-state index contributed by atoms with van der Waals surface area (Å²) in [7, 11) is 0. The number of hydrogen-bond donors (Lipinski definition) is 1. The van der Waals surface area contributed by atoms with Gasteiger partial charge in [-0.05, 0) is 36.1 Å². The van der Waals surface area contributed by atoms with Crippen molar-refractivity contribution >= 4 is 28.7 Å². The lowest BCUT2D eigenvalue weighted by Crippen LogP contribution is -2.42. The molecule has 2 N–H and O–H groups in total. The lowest BCUT2D eigenvalue weighted by Gasteiger charge is -2.35. The maximum atomic E-state index is 14.0. The maximum Gasteiger partial charge on any atom is 0.234 e. The Kier molecular flexibility index (Phi) is 3.93. The Hall–Kier alpha value is -3.05. The number of nitrogens with zero attached hydrogens (tertiary/aromatic N) is 1. The topological polar surface area (TPSA) is 80.5 Å². The van der Waals surface area contributed by atoms with Gasteiger partial charge in [0.05, 0.1) is 22.7 Å². The second-order valence-electron chi connectivity index (χ2n) is 8.79. The van der Waals surface area contributed by atoms with Crippen LogP contribution in [0.2, 0.25) is 0 Å². The molecule has 5 rings (SSSR count). The van der Waals surface area contributed by atoms with E-state index in [-0.39, 0.29) is 30.7 Å². The van der Waals surface area contributed by atoms with Gasteiger partial charge in [-0.1, -0.05) is 60.7 Å². The molecule has 2 amide bonds. The van der Waals surface area contributed by atoms with Crippen molar-refractivity contribution in [3.8, 4) is 0 Å². The number of nitrogens with two attached hydrogens (primary N) is 1. The van der Waals surface area contributed by atoms with Crippen LogP contribution in [0.4, 0.5) is 0 Å². The number of carbonyl (C=O) groups excluding carboxylic acids is 3. The fraction of sp³-hybridized carbons (Fsp3) is 0.320. The number of rotatable bonds is 4. The normalized spacial score (nSPS) is 32.4. The summed E-state index contributed by atoms with van der Waals surface area (Å²) in [6.45, 7) is 4.11. The number of imide groups is 1. The van der Waals surface area contributed by atoms with Gasteiger partial charge in [-0.3, -0.25) is 19.3 Å². The Morgan fingerprint density at radius 2 is 1.17 bits per heavy atom. The zero-order valence-corrected chi connectivity index (χ0v) is 17.1. The minimum atomic E-state index is -1.05. The molecule has 2 fully saturated rings. The molecule has 4 atom stereocenters. The number of allylic oxidation sites excluding steroid dienone is 2. The number of hydrogen-bond acceptors (Lipinski definition) is 4. The van der Waals surface area contributed by atoms with E-state index in [0.717, 1.165) is 22.3 Å². The molecule has 0 spiro atoms. The first-order valence-corrected chi connectivity index (χ1v) is 10.3.